The minimum absolute atomic E-state index is 0. The Bertz CT molecular complexity index is 843. The normalized spacial score (nSPS) is 10.7. The Balaban J connectivity index is 0.00000147. The van der Waals surface area contributed by atoms with E-state index in [0.29, 0.717) is 10.5 Å². The Kier molecular flexibility index (Phi) is 3.50. The van der Waals surface area contributed by atoms with Crippen molar-refractivity contribution in [3.05, 3.63) is 35.1 Å². The number of nitrogens with zero attached hydrogens (tertiary/aromatic N) is 2. The van der Waals surface area contributed by atoms with E-state index in [0.717, 1.165) is 16.3 Å². The molecule has 3 N–H and O–H groups in total. The van der Waals surface area contributed by atoms with Crippen LogP contribution in [0.2, 0.25) is 5.15 Å². The highest BCUT2D eigenvalue weighted by molar-refractivity contribution is 6.30. The fourth-order valence-corrected chi connectivity index (χ4v) is 2.55. The average molecular weight is 312 g/mol. The molecule has 3 rings (SSSR count). The molecule has 0 bridgehead atoms. The van der Waals surface area contributed by atoms with Crippen LogP contribution in [0.25, 0.3) is 21.7 Å². The van der Waals surface area contributed by atoms with Crippen LogP contribution in [0.15, 0.2) is 24.4 Å². The zero-order chi connectivity index (χ0) is 13.7. The Morgan fingerprint density at radius 3 is 2.75 bits per heavy atom. The Labute approximate surface area is 125 Å². The van der Waals surface area contributed by atoms with E-state index >= 15 is 0 Å². The topological polar surface area (TPSA) is 81.1 Å². The summed E-state index contributed by atoms with van der Waals surface area (Å²) in [5.41, 5.74) is 6.74. The zero-order valence-corrected chi connectivity index (χ0v) is 12.0. The minimum atomic E-state index is -1.04. The van der Waals surface area contributed by atoms with Crippen LogP contribution in [-0.4, -0.2) is 20.6 Å². The van der Waals surface area contributed by atoms with Gasteiger partial charge in [0.15, 0.2) is 0 Å². The highest BCUT2D eigenvalue weighted by atomic mass is 35.5. The molecule has 0 fully saturated rings. The summed E-state index contributed by atoms with van der Waals surface area (Å²) in [7, 11) is 1.73. The molecule has 0 saturated carbocycles. The van der Waals surface area contributed by atoms with Gasteiger partial charge in [0.25, 0.3) is 0 Å². The first-order chi connectivity index (χ1) is 9.00. The molecule has 20 heavy (non-hydrogen) atoms. The van der Waals surface area contributed by atoms with Crippen molar-refractivity contribution in [3.8, 4) is 0 Å². The standard InChI is InChI=1S/C13H10ClN3O2.ClH/c1-17-11-7(10(12(17)15)13(18)19)3-2-6-5-16-9(14)4-8(6)11;/h2-5H,15H2,1H3,(H,18,19);1H. The summed E-state index contributed by atoms with van der Waals surface area (Å²) in [6.45, 7) is 0. The number of anilines is 1. The highest BCUT2D eigenvalue weighted by Gasteiger charge is 2.20. The maximum atomic E-state index is 11.3. The first-order valence-corrected chi connectivity index (χ1v) is 5.94. The molecule has 0 unspecified atom stereocenters. The van der Waals surface area contributed by atoms with Gasteiger partial charge >= 0.3 is 5.97 Å². The van der Waals surface area contributed by atoms with Crippen molar-refractivity contribution in [2.45, 2.75) is 0 Å². The summed E-state index contributed by atoms with van der Waals surface area (Å²) in [5, 5.41) is 11.9. The van der Waals surface area contributed by atoms with Gasteiger partial charge in [0.2, 0.25) is 0 Å². The molecule has 0 saturated heterocycles. The molecule has 3 aromatic rings. The predicted octanol–water partition coefficient (Wildman–Crippen LogP) is 3.08. The number of carboxylic acids is 1. The van der Waals surface area contributed by atoms with Crippen LogP contribution in [0.5, 0.6) is 0 Å². The van der Waals surface area contributed by atoms with E-state index in [2.05, 4.69) is 4.98 Å². The summed E-state index contributed by atoms with van der Waals surface area (Å²) in [4.78, 5) is 15.3. The van der Waals surface area contributed by atoms with E-state index in [1.54, 1.807) is 29.9 Å². The van der Waals surface area contributed by atoms with Crippen LogP contribution in [-0.2, 0) is 7.05 Å². The van der Waals surface area contributed by atoms with Crippen molar-refractivity contribution in [1.29, 1.82) is 0 Å². The monoisotopic (exact) mass is 311 g/mol. The van der Waals surface area contributed by atoms with Crippen molar-refractivity contribution < 1.29 is 9.90 Å². The van der Waals surface area contributed by atoms with Gasteiger partial charge in [-0.1, -0.05) is 23.7 Å². The van der Waals surface area contributed by atoms with Crippen LogP contribution in [0.3, 0.4) is 0 Å². The van der Waals surface area contributed by atoms with E-state index in [9.17, 15) is 9.90 Å². The molecular weight excluding hydrogens is 301 g/mol. The van der Waals surface area contributed by atoms with Crippen molar-refractivity contribution in [2.75, 3.05) is 5.73 Å². The predicted molar refractivity (Wildman–Crippen MR) is 81.8 cm³/mol. The molecule has 0 atom stereocenters. The summed E-state index contributed by atoms with van der Waals surface area (Å²) >= 11 is 5.91. The molecule has 2 aromatic heterocycles. The smallest absolute Gasteiger partial charge is 0.340 e. The Morgan fingerprint density at radius 1 is 1.40 bits per heavy atom. The van der Waals surface area contributed by atoms with Gasteiger partial charge in [0.1, 0.15) is 16.5 Å². The number of aromatic nitrogens is 2. The van der Waals surface area contributed by atoms with Gasteiger partial charge in [0, 0.05) is 29.4 Å². The Morgan fingerprint density at radius 2 is 2.10 bits per heavy atom. The van der Waals surface area contributed by atoms with Gasteiger partial charge in [-0.2, -0.15) is 0 Å². The molecule has 7 heteroatoms. The molecule has 0 aliphatic carbocycles. The SMILES string of the molecule is Cl.Cn1c(N)c(C(=O)O)c2ccc3cnc(Cl)cc3c21. The molecular formula is C13H11Cl2N3O2. The van der Waals surface area contributed by atoms with E-state index in [4.69, 9.17) is 17.3 Å². The van der Waals surface area contributed by atoms with Crippen molar-refractivity contribution >= 4 is 57.5 Å². The number of hydrogen-bond donors (Lipinski definition) is 2. The lowest BCUT2D eigenvalue weighted by Crippen LogP contribution is -2.03. The number of fused-ring (bicyclic) bond motifs is 3. The molecule has 0 amide bonds. The third kappa shape index (κ3) is 1.87. The summed E-state index contributed by atoms with van der Waals surface area (Å²) in [5.74, 6) is -0.814. The van der Waals surface area contributed by atoms with Gasteiger partial charge < -0.3 is 15.4 Å². The number of nitrogens with two attached hydrogens (primary N) is 1. The molecule has 0 aliphatic rings. The van der Waals surface area contributed by atoms with Crippen LogP contribution in [0.4, 0.5) is 5.82 Å². The number of pyridine rings is 1. The van der Waals surface area contributed by atoms with Crippen molar-refractivity contribution in [1.82, 2.24) is 9.55 Å². The largest absolute Gasteiger partial charge is 0.478 e. The molecule has 0 radical (unpaired) electrons. The third-order valence-corrected chi connectivity index (χ3v) is 3.48. The number of benzene rings is 1. The fourth-order valence-electron chi connectivity index (χ4n) is 2.39. The molecule has 0 aliphatic heterocycles. The van der Waals surface area contributed by atoms with Gasteiger partial charge in [-0.3, -0.25) is 0 Å². The lowest BCUT2D eigenvalue weighted by Gasteiger charge is -2.03. The first-order valence-electron chi connectivity index (χ1n) is 5.56. The summed E-state index contributed by atoms with van der Waals surface area (Å²) < 4.78 is 1.66. The van der Waals surface area contributed by atoms with Crippen LogP contribution in [0, 0.1) is 0 Å². The second kappa shape index (κ2) is 4.85. The number of hydrogen-bond acceptors (Lipinski definition) is 3. The molecule has 0 spiro atoms. The van der Waals surface area contributed by atoms with E-state index in [1.807, 2.05) is 6.07 Å². The first kappa shape index (κ1) is 14.4. The second-order valence-electron chi connectivity index (χ2n) is 4.31. The third-order valence-electron chi connectivity index (χ3n) is 3.28. The summed E-state index contributed by atoms with van der Waals surface area (Å²) in [6, 6.07) is 5.27. The number of aryl methyl sites for hydroxylation is 1. The average Bonchev–Trinajstić information content (AvgIpc) is 2.62. The van der Waals surface area contributed by atoms with Crippen molar-refractivity contribution in [2.24, 2.45) is 7.05 Å². The van der Waals surface area contributed by atoms with Gasteiger partial charge in [-0.05, 0) is 6.07 Å². The van der Waals surface area contributed by atoms with E-state index < -0.39 is 5.97 Å². The maximum absolute atomic E-state index is 11.3. The number of carbonyl (C=O) groups is 1. The van der Waals surface area contributed by atoms with Gasteiger partial charge in [0.05, 0.1) is 5.52 Å². The number of aromatic carboxylic acids is 1. The van der Waals surface area contributed by atoms with Crippen LogP contribution >= 0.6 is 24.0 Å². The van der Waals surface area contributed by atoms with Gasteiger partial charge in [-0.25, -0.2) is 9.78 Å². The number of nitrogen functional groups attached to an aromatic ring is 1. The van der Waals surface area contributed by atoms with Crippen molar-refractivity contribution in [3.63, 3.8) is 0 Å². The number of rotatable bonds is 1. The minimum Gasteiger partial charge on any atom is -0.478 e. The molecule has 104 valence electrons. The highest BCUT2D eigenvalue weighted by Crippen LogP contribution is 2.33. The van der Waals surface area contributed by atoms with E-state index in [-0.39, 0.29) is 23.8 Å². The summed E-state index contributed by atoms with van der Waals surface area (Å²) in [6.07, 6.45) is 1.65. The van der Waals surface area contributed by atoms with Crippen LogP contribution < -0.4 is 5.73 Å². The lowest BCUT2D eigenvalue weighted by molar-refractivity contribution is 0.0700. The molecule has 2 heterocycles. The molecule has 1 aromatic carbocycles. The lowest BCUT2D eigenvalue weighted by atomic mass is 10.1. The number of halogens is 2. The number of carboxylic acid groups (broad SMARTS) is 1. The maximum Gasteiger partial charge on any atom is 0.340 e. The van der Waals surface area contributed by atoms with Gasteiger partial charge in [-0.15, -0.1) is 12.4 Å². The molecule has 5 nitrogen and oxygen atoms in total. The van der Waals surface area contributed by atoms with E-state index in [1.165, 1.54) is 0 Å². The Hall–Kier alpha value is -1.98. The second-order valence-corrected chi connectivity index (χ2v) is 4.70. The fraction of sp³-hybridized carbons (Fsp3) is 0.0769. The van der Waals surface area contributed by atoms with Crippen LogP contribution in [0.1, 0.15) is 10.4 Å². The quantitative estimate of drug-likeness (QED) is 0.677. The zero-order valence-electron chi connectivity index (χ0n) is 10.4.